The van der Waals surface area contributed by atoms with Gasteiger partial charge in [-0.1, -0.05) is 134 Å². The predicted molar refractivity (Wildman–Crippen MR) is 320 cm³/mol. The van der Waals surface area contributed by atoms with Gasteiger partial charge in [0.2, 0.25) is 0 Å². The third-order valence-electron chi connectivity index (χ3n) is 18.4. The van der Waals surface area contributed by atoms with Gasteiger partial charge < -0.3 is 102 Å². The molecule has 3 aromatic rings. The molecule has 0 radical (unpaired) electrons. The van der Waals surface area contributed by atoms with Crippen LogP contribution in [0.1, 0.15) is 65.2 Å². The van der Waals surface area contributed by atoms with E-state index < -0.39 is 197 Å². The predicted octanol–water partition coefficient (Wildman–Crippen LogP) is 5.36. The molecule has 0 aliphatic carbocycles. The van der Waals surface area contributed by atoms with Crippen LogP contribution in [0.25, 0.3) is 31.3 Å². The Labute approximate surface area is 532 Å². The molecule has 6 heterocycles. The Bertz CT molecular complexity index is 2890. The van der Waals surface area contributed by atoms with E-state index in [0.717, 1.165) is 16.7 Å². The Morgan fingerprint density at radius 1 is 0.370 bits per heavy atom. The van der Waals surface area contributed by atoms with Crippen LogP contribution in [0, 0.1) is 23.7 Å². The summed E-state index contributed by atoms with van der Waals surface area (Å²) in [5.41, 5.74) is 31.9. The normalized spacial score (nSPS) is 41.5. The minimum Gasteiger partial charge on any atom is -0.394 e. The molecular weight excluding hydrogens is 1210 g/mol. The lowest BCUT2D eigenvalue weighted by Crippen LogP contribution is -2.66. The van der Waals surface area contributed by atoms with E-state index in [2.05, 4.69) is 30.1 Å². The van der Waals surface area contributed by atoms with E-state index >= 15 is 0 Å². The summed E-state index contributed by atoms with van der Waals surface area (Å²) in [6, 6.07) is 24.5. The molecule has 0 amide bonds. The highest BCUT2D eigenvalue weighted by Gasteiger charge is 2.57. The summed E-state index contributed by atoms with van der Waals surface area (Å²) in [6.07, 6.45) is -27.2. The van der Waals surface area contributed by atoms with Crippen molar-refractivity contribution in [2.75, 3.05) is 26.9 Å². The van der Waals surface area contributed by atoms with Crippen LogP contribution >= 0.6 is 0 Å². The van der Waals surface area contributed by atoms with Crippen molar-refractivity contribution < 1.29 is 102 Å². The summed E-state index contributed by atoms with van der Waals surface area (Å²) in [6.45, 7) is 10.5. The van der Waals surface area contributed by atoms with Gasteiger partial charge >= 0.3 is 0 Å². The number of azide groups is 3. The maximum absolute atomic E-state index is 12.5. The number of rotatable bonds is 26. The molecule has 0 saturated carbocycles. The zero-order valence-corrected chi connectivity index (χ0v) is 52.6. The highest BCUT2D eigenvalue weighted by molar-refractivity contribution is 5.16. The zero-order valence-electron chi connectivity index (χ0n) is 52.6. The van der Waals surface area contributed by atoms with Gasteiger partial charge in [0.1, 0.15) is 61.0 Å². The number of hydrogen-bond donors (Lipinski definition) is 6. The second-order valence-electron chi connectivity index (χ2n) is 24.3. The fraction of sp³-hybridized carbons (Fsp3) is 0.710. The fourth-order valence-electron chi connectivity index (χ4n) is 13.0. The van der Waals surface area contributed by atoms with Crippen LogP contribution in [-0.4, -0.2) is 217 Å². The number of methoxy groups -OCH3 is 1. The Morgan fingerprint density at radius 3 is 0.989 bits per heavy atom. The number of hydrogen-bond acceptors (Lipinski definition) is 24. The molecule has 30 nitrogen and oxygen atoms in total. The minimum atomic E-state index is -1.67. The van der Waals surface area contributed by atoms with Crippen molar-refractivity contribution in [3.05, 3.63) is 139 Å². The standard InChI is InChI=1S/C62H87N9O21/c1-30-34(5)82-60(46(75)52(30)79-27-37-18-12-9-13-19-37)88-50-32(3)44(67-70-64)58(86-41(50)25-73)91-54-36(7)84-62(48(77)56(54)81-29-39-22-16-11-17-23-39)90-51-33(4)45(68-71-65)59(87-42(51)26-74)92-53-35(6)83-61(47(76)55(53)80-28-38-20-14-10-15-21-38)89-49-31(2)43(66-69-63)57(78-8)85-40(49)24-72/h9-23,30-36,40-62,72-77H,24-29H2,1-8H3/t30-,31-,32-,33-,34?,35?,36?,40?,41?,42?,43?,44?,45?,46?,47?,48?,49+,50+,51+,52-,53-,54-,55+,56+,57-,58+,59-,60+,61+,62+/m1/s1. The SMILES string of the molecule is CO[C@@H]1OC(CO)[C@@H](O[C@@H]2OC(C)[C@@H](O[C@H]3OC(CO)[C@@H](O[C@@H]4OC(C)[C@@H](O[C@@H]5OC(CO)[C@@H](O[C@@H]6OC(C)[C@@H](C)[C@@H](OCc7ccccc7)C6O)[C@H](C)C5N=[N+]=[N-])[C@@H](OCc5ccccc5)C4O)[C@H](C)C3N=[N+]=[N-])[C@@H](OCc3ccccc3)C2O)[C@H](C)C1N=[N+]=[N-]. The van der Waals surface area contributed by atoms with Crippen LogP contribution in [0.5, 0.6) is 0 Å². The van der Waals surface area contributed by atoms with E-state index in [9.17, 15) is 47.2 Å². The van der Waals surface area contributed by atoms with Crippen LogP contribution in [0.3, 0.4) is 0 Å². The average Bonchev–Trinajstić information content (AvgIpc) is 0.792. The summed E-state index contributed by atoms with van der Waals surface area (Å²) >= 11 is 0. The molecular formula is C62H87N9O21. The van der Waals surface area contributed by atoms with Crippen molar-refractivity contribution in [3.63, 3.8) is 0 Å². The highest BCUT2D eigenvalue weighted by atomic mass is 16.8. The molecule has 6 fully saturated rings. The maximum Gasteiger partial charge on any atom is 0.186 e. The Balaban J connectivity index is 0.918. The Kier molecular flexibility index (Phi) is 25.8. The van der Waals surface area contributed by atoms with Crippen LogP contribution in [0.2, 0.25) is 0 Å². The first-order valence-corrected chi connectivity index (χ1v) is 31.2. The van der Waals surface area contributed by atoms with Gasteiger partial charge in [0.25, 0.3) is 0 Å². The van der Waals surface area contributed by atoms with Gasteiger partial charge in [-0.05, 0) is 71.8 Å². The first-order chi connectivity index (χ1) is 44.5. The topological polar surface area (TPSA) is 406 Å². The average molecular weight is 1290 g/mol. The third kappa shape index (κ3) is 16.3. The Hall–Kier alpha value is -5.25. The lowest BCUT2D eigenvalue weighted by atomic mass is 9.87. The molecule has 92 heavy (non-hydrogen) atoms. The van der Waals surface area contributed by atoms with Gasteiger partial charge in [-0.25, -0.2) is 0 Å². The van der Waals surface area contributed by atoms with Crippen molar-refractivity contribution in [1.29, 1.82) is 0 Å². The number of nitrogens with zero attached hydrogens (tertiary/aromatic N) is 9. The van der Waals surface area contributed by atoms with Crippen molar-refractivity contribution in [1.82, 2.24) is 0 Å². The number of aliphatic hydroxyl groups is 6. The van der Waals surface area contributed by atoms with Gasteiger partial charge in [-0.2, -0.15) is 0 Å². The van der Waals surface area contributed by atoms with Crippen molar-refractivity contribution in [2.24, 2.45) is 39.0 Å². The van der Waals surface area contributed by atoms with Crippen LogP contribution < -0.4 is 0 Å². The summed E-state index contributed by atoms with van der Waals surface area (Å²) in [7, 11) is 1.38. The van der Waals surface area contributed by atoms with E-state index in [-0.39, 0.29) is 25.7 Å². The highest BCUT2D eigenvalue weighted by Crippen LogP contribution is 2.42. The molecule has 30 atom stereocenters. The molecule has 9 rings (SSSR count). The summed E-state index contributed by atoms with van der Waals surface area (Å²) < 4.78 is 95.5. The first kappa shape index (κ1) is 71.1. The number of ether oxygens (including phenoxy) is 15. The minimum absolute atomic E-state index is 0.0203. The van der Waals surface area contributed by atoms with Crippen LogP contribution in [0.4, 0.5) is 0 Å². The molecule has 6 aliphatic heterocycles. The van der Waals surface area contributed by atoms with Crippen molar-refractivity contribution in [2.45, 2.75) is 228 Å². The van der Waals surface area contributed by atoms with Gasteiger partial charge in [-0.15, -0.1) is 0 Å². The van der Waals surface area contributed by atoms with E-state index in [1.807, 2.05) is 105 Å². The molecule has 0 bridgehead atoms. The smallest absolute Gasteiger partial charge is 0.186 e. The molecule has 3 aromatic carbocycles. The fourth-order valence-corrected chi connectivity index (χ4v) is 13.0. The lowest BCUT2D eigenvalue weighted by molar-refractivity contribution is -0.378. The van der Waals surface area contributed by atoms with Gasteiger partial charge in [0.15, 0.2) is 37.7 Å². The lowest BCUT2D eigenvalue weighted by Gasteiger charge is -2.51. The molecule has 0 spiro atoms. The summed E-state index contributed by atoms with van der Waals surface area (Å²) in [5, 5.41) is 81.1. The molecule has 0 aromatic heterocycles. The van der Waals surface area contributed by atoms with E-state index in [0.29, 0.717) is 0 Å². The second-order valence-corrected chi connectivity index (χ2v) is 24.3. The Morgan fingerprint density at radius 2 is 0.663 bits per heavy atom. The molecule has 6 saturated heterocycles. The summed E-state index contributed by atoms with van der Waals surface area (Å²) in [4.78, 5) is 9.23. The first-order valence-electron chi connectivity index (χ1n) is 31.2. The number of benzene rings is 3. The molecule has 30 heteroatoms. The number of aliphatic hydroxyl groups excluding tert-OH is 6. The van der Waals surface area contributed by atoms with Crippen LogP contribution in [0.15, 0.2) is 106 Å². The molecule has 6 aliphatic rings. The second kappa shape index (κ2) is 33.4. The van der Waals surface area contributed by atoms with E-state index in [4.69, 9.17) is 71.1 Å². The molecule has 506 valence electrons. The van der Waals surface area contributed by atoms with Crippen molar-refractivity contribution >= 4 is 0 Å². The molecule has 6 N–H and O–H groups in total. The monoisotopic (exact) mass is 1290 g/mol. The maximum atomic E-state index is 12.5. The van der Waals surface area contributed by atoms with E-state index in [1.54, 1.807) is 34.6 Å². The zero-order chi connectivity index (χ0) is 65.8. The van der Waals surface area contributed by atoms with Gasteiger partial charge in [0, 0.05) is 27.8 Å². The van der Waals surface area contributed by atoms with E-state index in [1.165, 1.54) is 7.11 Å². The third-order valence-corrected chi connectivity index (χ3v) is 18.4. The quantitative estimate of drug-likeness (QED) is 0.0334. The van der Waals surface area contributed by atoms with Crippen LogP contribution in [-0.2, 0) is 90.9 Å². The van der Waals surface area contributed by atoms with Crippen molar-refractivity contribution in [3.8, 4) is 0 Å². The van der Waals surface area contributed by atoms with Gasteiger partial charge in [-0.3, -0.25) is 0 Å². The van der Waals surface area contributed by atoms with Gasteiger partial charge in [0.05, 0.1) is 100 Å². The largest absolute Gasteiger partial charge is 0.394 e. The molecule has 12 unspecified atom stereocenters. The summed E-state index contributed by atoms with van der Waals surface area (Å²) in [5.74, 6) is -2.48.